The molecular formula is C16H13NO. The standard InChI is InChI=1S/C16H13NO/c1-12(18)15-11-14-9-5-6-10-17(14)16(15)13-7-3-2-4-8-13/h2-11H,1H3. The first kappa shape index (κ1) is 10.8. The highest BCUT2D eigenvalue weighted by Gasteiger charge is 2.14. The highest BCUT2D eigenvalue weighted by molar-refractivity contribution is 6.02. The molecule has 0 saturated carbocycles. The van der Waals surface area contributed by atoms with E-state index in [0.717, 1.165) is 22.3 Å². The third-order valence-corrected chi connectivity index (χ3v) is 3.11. The molecule has 0 radical (unpaired) electrons. The summed E-state index contributed by atoms with van der Waals surface area (Å²) in [6, 6.07) is 17.9. The van der Waals surface area contributed by atoms with Gasteiger partial charge < -0.3 is 4.40 Å². The third kappa shape index (κ3) is 1.63. The van der Waals surface area contributed by atoms with E-state index in [4.69, 9.17) is 0 Å². The zero-order chi connectivity index (χ0) is 12.5. The second-order valence-corrected chi connectivity index (χ2v) is 4.32. The molecule has 0 bridgehead atoms. The van der Waals surface area contributed by atoms with Gasteiger partial charge in [0.2, 0.25) is 0 Å². The van der Waals surface area contributed by atoms with E-state index in [1.54, 1.807) is 6.92 Å². The summed E-state index contributed by atoms with van der Waals surface area (Å²) in [4.78, 5) is 11.8. The number of hydrogen-bond donors (Lipinski definition) is 0. The molecule has 0 aliphatic rings. The van der Waals surface area contributed by atoms with Crippen molar-refractivity contribution >= 4 is 11.3 Å². The Labute approximate surface area is 105 Å². The lowest BCUT2D eigenvalue weighted by atomic mass is 10.1. The molecule has 2 aromatic heterocycles. The van der Waals surface area contributed by atoms with Gasteiger partial charge in [-0.1, -0.05) is 36.4 Å². The van der Waals surface area contributed by atoms with Crippen molar-refractivity contribution in [2.75, 3.05) is 0 Å². The minimum absolute atomic E-state index is 0.0950. The van der Waals surface area contributed by atoms with Gasteiger partial charge in [0.1, 0.15) is 0 Å². The van der Waals surface area contributed by atoms with Crippen molar-refractivity contribution in [2.24, 2.45) is 0 Å². The van der Waals surface area contributed by atoms with Gasteiger partial charge in [-0.15, -0.1) is 0 Å². The van der Waals surface area contributed by atoms with Crippen LogP contribution in [-0.4, -0.2) is 10.2 Å². The average molecular weight is 235 g/mol. The SMILES string of the molecule is CC(=O)c1cc2ccccn2c1-c1ccccc1. The summed E-state index contributed by atoms with van der Waals surface area (Å²) >= 11 is 0. The van der Waals surface area contributed by atoms with Gasteiger partial charge in [0.05, 0.1) is 5.69 Å². The summed E-state index contributed by atoms with van der Waals surface area (Å²) in [5.74, 6) is 0.0950. The van der Waals surface area contributed by atoms with Crippen molar-refractivity contribution in [1.29, 1.82) is 0 Å². The largest absolute Gasteiger partial charge is 0.316 e. The summed E-state index contributed by atoms with van der Waals surface area (Å²) in [5, 5.41) is 0. The first-order chi connectivity index (χ1) is 8.77. The number of hydrogen-bond acceptors (Lipinski definition) is 1. The molecule has 0 N–H and O–H groups in total. The van der Waals surface area contributed by atoms with Crippen molar-refractivity contribution in [3.63, 3.8) is 0 Å². The predicted octanol–water partition coefficient (Wildman–Crippen LogP) is 3.81. The van der Waals surface area contributed by atoms with Crippen LogP contribution in [0.15, 0.2) is 60.8 Å². The van der Waals surface area contributed by atoms with Crippen molar-refractivity contribution in [3.8, 4) is 11.3 Å². The fourth-order valence-corrected chi connectivity index (χ4v) is 2.28. The summed E-state index contributed by atoms with van der Waals surface area (Å²) in [6.07, 6.45) is 1.99. The van der Waals surface area contributed by atoms with Crippen LogP contribution in [-0.2, 0) is 0 Å². The second-order valence-electron chi connectivity index (χ2n) is 4.32. The molecule has 0 fully saturated rings. The van der Waals surface area contributed by atoms with Gasteiger partial charge in [0, 0.05) is 17.3 Å². The molecule has 3 aromatic rings. The van der Waals surface area contributed by atoms with Gasteiger partial charge in [-0.05, 0) is 30.7 Å². The Hall–Kier alpha value is -2.35. The van der Waals surface area contributed by atoms with Crippen molar-refractivity contribution in [3.05, 3.63) is 66.4 Å². The molecule has 0 unspecified atom stereocenters. The molecule has 0 spiro atoms. The molecule has 0 aliphatic heterocycles. The van der Waals surface area contributed by atoms with E-state index in [0.29, 0.717) is 0 Å². The topological polar surface area (TPSA) is 21.5 Å². The van der Waals surface area contributed by atoms with E-state index in [-0.39, 0.29) is 5.78 Å². The van der Waals surface area contributed by atoms with E-state index >= 15 is 0 Å². The maximum absolute atomic E-state index is 11.8. The van der Waals surface area contributed by atoms with Gasteiger partial charge >= 0.3 is 0 Å². The van der Waals surface area contributed by atoms with E-state index in [1.807, 2.05) is 60.8 Å². The second kappa shape index (κ2) is 4.15. The highest BCUT2D eigenvalue weighted by atomic mass is 16.1. The molecule has 2 heterocycles. The molecule has 0 saturated heterocycles. The molecule has 18 heavy (non-hydrogen) atoms. The van der Waals surface area contributed by atoms with Crippen LogP contribution in [0.1, 0.15) is 17.3 Å². The smallest absolute Gasteiger partial charge is 0.162 e. The zero-order valence-corrected chi connectivity index (χ0v) is 10.1. The molecule has 2 heteroatoms. The summed E-state index contributed by atoms with van der Waals surface area (Å²) in [7, 11) is 0. The van der Waals surface area contributed by atoms with Crippen molar-refractivity contribution in [1.82, 2.24) is 4.40 Å². The number of nitrogens with zero attached hydrogens (tertiary/aromatic N) is 1. The van der Waals surface area contributed by atoms with Crippen LogP contribution in [0.5, 0.6) is 0 Å². The van der Waals surface area contributed by atoms with Crippen LogP contribution in [0, 0.1) is 0 Å². The molecule has 0 aliphatic carbocycles. The molecule has 3 rings (SSSR count). The summed E-state index contributed by atoms with van der Waals surface area (Å²) in [5.41, 5.74) is 3.85. The van der Waals surface area contributed by atoms with Crippen LogP contribution in [0.25, 0.3) is 16.8 Å². The number of carbonyl (C=O) groups excluding carboxylic acids is 1. The number of benzene rings is 1. The maximum atomic E-state index is 11.8. The quantitative estimate of drug-likeness (QED) is 0.619. The molecule has 1 aromatic carbocycles. The van der Waals surface area contributed by atoms with Crippen molar-refractivity contribution in [2.45, 2.75) is 6.92 Å². The fraction of sp³-hybridized carbons (Fsp3) is 0.0625. The van der Waals surface area contributed by atoms with Crippen LogP contribution in [0.2, 0.25) is 0 Å². The average Bonchev–Trinajstić information content (AvgIpc) is 2.79. The van der Waals surface area contributed by atoms with E-state index in [1.165, 1.54) is 0 Å². The Morgan fingerprint density at radius 3 is 2.44 bits per heavy atom. The van der Waals surface area contributed by atoms with Crippen molar-refractivity contribution < 1.29 is 4.79 Å². The Morgan fingerprint density at radius 1 is 1.00 bits per heavy atom. The lowest BCUT2D eigenvalue weighted by Gasteiger charge is -2.05. The number of pyridine rings is 1. The minimum Gasteiger partial charge on any atom is -0.316 e. The molecule has 0 amide bonds. The van der Waals surface area contributed by atoms with E-state index in [9.17, 15) is 4.79 Å². The van der Waals surface area contributed by atoms with Gasteiger partial charge in [-0.2, -0.15) is 0 Å². The number of fused-ring (bicyclic) bond motifs is 1. The van der Waals surface area contributed by atoms with Crippen LogP contribution >= 0.6 is 0 Å². The Balaban J connectivity index is 2.38. The lowest BCUT2D eigenvalue weighted by molar-refractivity contribution is 0.101. The maximum Gasteiger partial charge on any atom is 0.162 e. The van der Waals surface area contributed by atoms with E-state index in [2.05, 4.69) is 4.40 Å². The molecule has 2 nitrogen and oxygen atoms in total. The van der Waals surface area contributed by atoms with Crippen LogP contribution in [0.4, 0.5) is 0 Å². The van der Waals surface area contributed by atoms with E-state index < -0.39 is 0 Å². The van der Waals surface area contributed by atoms with Gasteiger partial charge in [0.15, 0.2) is 5.78 Å². The monoisotopic (exact) mass is 235 g/mol. The predicted molar refractivity (Wildman–Crippen MR) is 72.8 cm³/mol. The van der Waals surface area contributed by atoms with Crippen LogP contribution in [0.3, 0.4) is 0 Å². The first-order valence-electron chi connectivity index (χ1n) is 5.94. The zero-order valence-electron chi connectivity index (χ0n) is 10.1. The number of Topliss-reactive ketones (excluding diaryl/α,β-unsaturated/α-hetero) is 1. The highest BCUT2D eigenvalue weighted by Crippen LogP contribution is 2.27. The molecular weight excluding hydrogens is 222 g/mol. The number of aromatic nitrogens is 1. The van der Waals surface area contributed by atoms with Gasteiger partial charge in [0.25, 0.3) is 0 Å². The van der Waals surface area contributed by atoms with Gasteiger partial charge in [-0.3, -0.25) is 4.79 Å². The Bertz CT molecular complexity index is 710. The number of rotatable bonds is 2. The molecule has 0 atom stereocenters. The number of carbonyl (C=O) groups is 1. The normalized spacial score (nSPS) is 10.7. The molecule has 88 valence electrons. The van der Waals surface area contributed by atoms with Crippen LogP contribution < -0.4 is 0 Å². The Kier molecular flexibility index (Phi) is 2.49. The minimum atomic E-state index is 0.0950. The fourth-order valence-electron chi connectivity index (χ4n) is 2.28. The lowest BCUT2D eigenvalue weighted by Crippen LogP contribution is -1.95. The summed E-state index contributed by atoms with van der Waals surface area (Å²) < 4.78 is 2.06. The van der Waals surface area contributed by atoms with Gasteiger partial charge in [-0.25, -0.2) is 0 Å². The third-order valence-electron chi connectivity index (χ3n) is 3.11. The number of ketones is 1. The first-order valence-corrected chi connectivity index (χ1v) is 5.94. The summed E-state index contributed by atoms with van der Waals surface area (Å²) in [6.45, 7) is 1.61. The Morgan fingerprint density at radius 2 is 1.72 bits per heavy atom.